The Bertz CT molecular complexity index is 725. The molecule has 0 radical (unpaired) electrons. The number of nitrogens with zero attached hydrogens (tertiary/aromatic N) is 1. The van der Waals surface area contributed by atoms with Gasteiger partial charge in [0.25, 0.3) is 5.09 Å². The fourth-order valence-electron chi connectivity index (χ4n) is 3.44. The lowest BCUT2D eigenvalue weighted by atomic mass is 9.86. The monoisotopic (exact) mass is 455 g/mol. The Balaban J connectivity index is 1.68. The summed E-state index contributed by atoms with van der Waals surface area (Å²) in [5.74, 6) is 0.545. The molecule has 0 aromatic heterocycles. The number of aliphatic hydroxyl groups excluding tert-OH is 1. The first-order valence-corrected chi connectivity index (χ1v) is 11.7. The summed E-state index contributed by atoms with van der Waals surface area (Å²) in [5, 5.41) is 26.1. The molecule has 3 N–H and O–H groups in total. The summed E-state index contributed by atoms with van der Waals surface area (Å²) in [6.45, 7) is 4.80. The third-order valence-corrected chi connectivity index (χ3v) is 6.08. The van der Waals surface area contributed by atoms with Crippen molar-refractivity contribution in [3.05, 3.63) is 34.4 Å². The van der Waals surface area contributed by atoms with Crippen molar-refractivity contribution in [3.63, 3.8) is 0 Å². The van der Waals surface area contributed by atoms with Crippen molar-refractivity contribution < 1.29 is 24.6 Å². The highest BCUT2D eigenvalue weighted by Crippen LogP contribution is 2.27. The van der Waals surface area contributed by atoms with E-state index < -0.39 is 22.8 Å². The van der Waals surface area contributed by atoms with Crippen LogP contribution in [0.3, 0.4) is 0 Å². The highest BCUT2D eigenvalue weighted by atomic mass is 32.2. The minimum absolute atomic E-state index is 0.0491. The molecule has 0 saturated heterocycles. The zero-order chi connectivity index (χ0) is 22.9. The lowest BCUT2D eigenvalue weighted by Gasteiger charge is -2.30. The maximum absolute atomic E-state index is 12.4. The van der Waals surface area contributed by atoms with Crippen LogP contribution < -0.4 is 15.4 Å². The zero-order valence-electron chi connectivity index (χ0n) is 18.3. The molecule has 1 aromatic carbocycles. The number of amides is 1. The van der Waals surface area contributed by atoms with Crippen molar-refractivity contribution in [2.24, 2.45) is 5.92 Å². The standard InChI is InChI=1S/C21H33N3O6S/c1-21(2,14-22-20(26)15-8-10-17(11-9-15)30-24(27)28)23-12-16(25)13-29-18-6-4-5-7-19(18)31-3/h4-7,15-17,23,25H,8-14H2,1-3H3,(H,22,26). The normalized spacial score (nSPS) is 20.0. The number of carbonyl (C=O) groups is 1. The summed E-state index contributed by atoms with van der Waals surface area (Å²) in [4.78, 5) is 28.5. The van der Waals surface area contributed by atoms with E-state index in [-0.39, 0.29) is 18.4 Å². The number of hydrogen-bond donors (Lipinski definition) is 3. The quantitative estimate of drug-likeness (QED) is 0.249. The Morgan fingerprint density at radius 2 is 2.00 bits per heavy atom. The number of hydrogen-bond acceptors (Lipinski definition) is 8. The fourth-order valence-corrected chi connectivity index (χ4v) is 3.99. The molecule has 1 aliphatic rings. The topological polar surface area (TPSA) is 123 Å². The number of nitrogens with one attached hydrogen (secondary N) is 2. The summed E-state index contributed by atoms with van der Waals surface area (Å²) in [7, 11) is 0. The lowest BCUT2D eigenvalue weighted by molar-refractivity contribution is -0.769. The zero-order valence-corrected chi connectivity index (χ0v) is 19.2. The Kier molecular flexibility index (Phi) is 9.86. The molecule has 0 bridgehead atoms. The van der Waals surface area contributed by atoms with Gasteiger partial charge in [-0.2, -0.15) is 0 Å². The van der Waals surface area contributed by atoms with Gasteiger partial charge in [0.15, 0.2) is 0 Å². The number of para-hydroxylation sites is 1. The van der Waals surface area contributed by atoms with Crippen LogP contribution in [0, 0.1) is 16.0 Å². The lowest BCUT2D eigenvalue weighted by Crippen LogP contribution is -2.52. The molecule has 1 amide bonds. The van der Waals surface area contributed by atoms with Gasteiger partial charge in [-0.15, -0.1) is 21.9 Å². The maximum atomic E-state index is 12.4. The van der Waals surface area contributed by atoms with Crippen molar-refractivity contribution >= 4 is 17.7 Å². The molecule has 1 aliphatic carbocycles. The molecule has 0 heterocycles. The van der Waals surface area contributed by atoms with E-state index >= 15 is 0 Å². The van der Waals surface area contributed by atoms with Gasteiger partial charge in [0.05, 0.1) is 0 Å². The Morgan fingerprint density at radius 3 is 2.65 bits per heavy atom. The van der Waals surface area contributed by atoms with Crippen LogP contribution in [0.4, 0.5) is 0 Å². The highest BCUT2D eigenvalue weighted by molar-refractivity contribution is 7.98. The molecule has 2 rings (SSSR count). The van der Waals surface area contributed by atoms with Crippen LogP contribution in [0.2, 0.25) is 0 Å². The van der Waals surface area contributed by atoms with Crippen LogP contribution in [-0.4, -0.2) is 59.8 Å². The number of benzene rings is 1. The van der Waals surface area contributed by atoms with E-state index in [4.69, 9.17) is 4.74 Å². The van der Waals surface area contributed by atoms with E-state index in [0.717, 1.165) is 10.6 Å². The summed E-state index contributed by atoms with van der Waals surface area (Å²) >= 11 is 1.59. The van der Waals surface area contributed by atoms with Gasteiger partial charge in [0.1, 0.15) is 24.6 Å². The first-order chi connectivity index (χ1) is 14.7. The minimum atomic E-state index is -0.764. The Labute approximate surface area is 187 Å². The predicted molar refractivity (Wildman–Crippen MR) is 119 cm³/mol. The summed E-state index contributed by atoms with van der Waals surface area (Å²) in [6.07, 6.45) is 3.03. The van der Waals surface area contributed by atoms with E-state index in [1.807, 2.05) is 44.4 Å². The average Bonchev–Trinajstić information content (AvgIpc) is 2.75. The van der Waals surface area contributed by atoms with Crippen LogP contribution in [-0.2, 0) is 9.63 Å². The molecule has 31 heavy (non-hydrogen) atoms. The molecular weight excluding hydrogens is 422 g/mol. The summed E-state index contributed by atoms with van der Waals surface area (Å²) in [5.41, 5.74) is -0.417. The van der Waals surface area contributed by atoms with Crippen molar-refractivity contribution in [2.45, 2.75) is 62.2 Å². The van der Waals surface area contributed by atoms with Gasteiger partial charge in [0.2, 0.25) is 5.91 Å². The van der Waals surface area contributed by atoms with E-state index in [9.17, 15) is 20.0 Å². The van der Waals surface area contributed by atoms with Gasteiger partial charge in [-0.25, -0.2) is 0 Å². The van der Waals surface area contributed by atoms with Crippen LogP contribution in [0.15, 0.2) is 29.2 Å². The van der Waals surface area contributed by atoms with E-state index in [1.165, 1.54) is 0 Å². The second kappa shape index (κ2) is 12.1. The van der Waals surface area contributed by atoms with Crippen molar-refractivity contribution in [1.82, 2.24) is 10.6 Å². The molecule has 0 spiro atoms. The van der Waals surface area contributed by atoms with E-state index in [0.29, 0.717) is 38.8 Å². The fraction of sp³-hybridized carbons (Fsp3) is 0.667. The van der Waals surface area contributed by atoms with Crippen LogP contribution >= 0.6 is 11.8 Å². The summed E-state index contributed by atoms with van der Waals surface area (Å²) in [6, 6.07) is 7.69. The average molecular weight is 456 g/mol. The van der Waals surface area contributed by atoms with Gasteiger partial charge in [-0.3, -0.25) is 4.79 Å². The van der Waals surface area contributed by atoms with E-state index in [2.05, 4.69) is 15.5 Å². The smallest absolute Gasteiger partial charge is 0.294 e. The third kappa shape index (κ3) is 8.92. The van der Waals surface area contributed by atoms with Gasteiger partial charge < -0.3 is 25.3 Å². The first-order valence-electron chi connectivity index (χ1n) is 10.5. The second-order valence-electron chi connectivity index (χ2n) is 8.40. The minimum Gasteiger partial charge on any atom is -0.490 e. The number of β-amino-alcohol motifs (C(OH)–C–C–N with tert-alkyl or cyclic N) is 1. The maximum Gasteiger partial charge on any atom is 0.294 e. The number of thioether (sulfide) groups is 1. The van der Waals surface area contributed by atoms with Crippen molar-refractivity contribution in [1.29, 1.82) is 0 Å². The number of aliphatic hydroxyl groups is 1. The molecule has 1 saturated carbocycles. The van der Waals surface area contributed by atoms with E-state index in [1.54, 1.807) is 11.8 Å². The largest absolute Gasteiger partial charge is 0.490 e. The Morgan fingerprint density at radius 1 is 1.32 bits per heavy atom. The third-order valence-electron chi connectivity index (χ3n) is 5.30. The molecule has 1 aromatic rings. The van der Waals surface area contributed by atoms with Gasteiger partial charge in [-0.05, 0) is 57.9 Å². The van der Waals surface area contributed by atoms with Crippen LogP contribution in [0.1, 0.15) is 39.5 Å². The van der Waals surface area contributed by atoms with Gasteiger partial charge in [-0.1, -0.05) is 12.1 Å². The van der Waals surface area contributed by atoms with Crippen molar-refractivity contribution in [3.8, 4) is 5.75 Å². The molecule has 10 heteroatoms. The molecular formula is C21H33N3O6S. The SMILES string of the molecule is CSc1ccccc1OCC(O)CNC(C)(C)CNC(=O)C1CCC(O[N+](=O)[O-])CC1. The van der Waals surface area contributed by atoms with Gasteiger partial charge in [0, 0.05) is 29.4 Å². The highest BCUT2D eigenvalue weighted by Gasteiger charge is 2.29. The van der Waals surface area contributed by atoms with Crippen LogP contribution in [0.25, 0.3) is 0 Å². The first kappa shape index (κ1) is 25.2. The number of carbonyl (C=O) groups excluding carboxylic acids is 1. The van der Waals surface area contributed by atoms with Gasteiger partial charge >= 0.3 is 0 Å². The van der Waals surface area contributed by atoms with Crippen molar-refractivity contribution in [2.75, 3.05) is 26.0 Å². The molecule has 174 valence electrons. The summed E-state index contributed by atoms with van der Waals surface area (Å²) < 4.78 is 5.73. The molecule has 1 fully saturated rings. The molecule has 1 unspecified atom stereocenters. The second-order valence-corrected chi connectivity index (χ2v) is 9.25. The molecule has 9 nitrogen and oxygen atoms in total. The number of rotatable bonds is 12. The van der Waals surface area contributed by atoms with Crippen LogP contribution in [0.5, 0.6) is 5.75 Å². The molecule has 0 aliphatic heterocycles. The number of ether oxygens (including phenoxy) is 1. The molecule has 1 atom stereocenters. The Hall–Kier alpha value is -2.04. The predicted octanol–water partition coefficient (Wildman–Crippen LogP) is 2.40.